The van der Waals surface area contributed by atoms with Crippen LogP contribution in [0.1, 0.15) is 21.5 Å². The van der Waals surface area contributed by atoms with Crippen LogP contribution in [0.25, 0.3) is 0 Å². The Kier molecular flexibility index (Phi) is 8.17. The summed E-state index contributed by atoms with van der Waals surface area (Å²) in [5.41, 5.74) is 3.56. The van der Waals surface area contributed by atoms with Gasteiger partial charge in [-0.2, -0.15) is 0 Å². The summed E-state index contributed by atoms with van der Waals surface area (Å²) in [6, 6.07) is 23.2. The highest BCUT2D eigenvalue weighted by Gasteiger charge is 2.22. The second kappa shape index (κ2) is 11.4. The Labute approximate surface area is 234 Å². The Morgan fingerprint density at radius 2 is 1.30 bits per heavy atom. The van der Waals surface area contributed by atoms with Gasteiger partial charge >= 0.3 is 0 Å². The van der Waals surface area contributed by atoms with Crippen molar-refractivity contribution in [2.24, 2.45) is 0 Å². The zero-order valence-electron chi connectivity index (χ0n) is 22.4. The third-order valence-corrected chi connectivity index (χ3v) is 9.59. The monoisotopic (exact) mass is 579 g/mol. The smallest absolute Gasteiger partial charge is 0.264 e. The highest BCUT2D eigenvalue weighted by Crippen LogP contribution is 2.25. The van der Waals surface area contributed by atoms with Gasteiger partial charge in [0, 0.05) is 24.0 Å². The van der Waals surface area contributed by atoms with Crippen molar-refractivity contribution in [3.8, 4) is 5.75 Å². The van der Waals surface area contributed by atoms with Crippen molar-refractivity contribution in [3.63, 3.8) is 0 Å². The van der Waals surface area contributed by atoms with Crippen LogP contribution in [0.2, 0.25) is 0 Å². The van der Waals surface area contributed by atoms with Crippen molar-refractivity contribution in [1.29, 1.82) is 0 Å². The van der Waals surface area contributed by atoms with Crippen LogP contribution >= 0.6 is 0 Å². The molecule has 4 aromatic carbocycles. The van der Waals surface area contributed by atoms with Crippen molar-refractivity contribution in [2.75, 3.05) is 28.5 Å². The minimum atomic E-state index is -3.82. The molecule has 4 rings (SSSR count). The number of hydrogen-bond acceptors (Lipinski definition) is 6. The number of carbonyl (C=O) groups is 1. The fourth-order valence-electron chi connectivity index (χ4n) is 3.81. The summed E-state index contributed by atoms with van der Waals surface area (Å²) in [6.07, 6.45) is 0. The SMILES string of the molecule is COc1ccc(S(=O)(=O)N(C)c2ccc(C(=O)Nc3ccc(S(=O)(=O)Nc4ccc(C)c(C)c4)cc3)cc2)cc1. The Bertz CT molecular complexity index is 1740. The molecule has 0 aromatic heterocycles. The fourth-order valence-corrected chi connectivity index (χ4v) is 6.05. The normalized spacial score (nSPS) is 11.5. The first-order valence-electron chi connectivity index (χ1n) is 12.2. The van der Waals surface area contributed by atoms with Crippen LogP contribution in [0.4, 0.5) is 17.1 Å². The van der Waals surface area contributed by atoms with Crippen LogP contribution in [0, 0.1) is 13.8 Å². The highest BCUT2D eigenvalue weighted by atomic mass is 32.2. The summed E-state index contributed by atoms with van der Waals surface area (Å²) in [5, 5.41) is 2.72. The molecule has 0 aliphatic heterocycles. The summed E-state index contributed by atoms with van der Waals surface area (Å²) in [4.78, 5) is 12.9. The van der Waals surface area contributed by atoms with Gasteiger partial charge in [-0.05, 0) is 110 Å². The van der Waals surface area contributed by atoms with E-state index in [0.717, 1.165) is 15.4 Å². The van der Waals surface area contributed by atoms with Gasteiger partial charge in [0.1, 0.15) is 5.75 Å². The largest absolute Gasteiger partial charge is 0.497 e. The minimum Gasteiger partial charge on any atom is -0.497 e. The standard InChI is InChI=1S/C29H29N3O6S2/c1-20-5-8-24(19-21(20)2)31-39(34,35)27-15-9-23(10-16-27)30-29(33)22-6-11-25(12-7-22)32(3)40(36,37)28-17-13-26(38-4)14-18-28/h5-19,31H,1-4H3,(H,30,33). The number of nitrogens with one attached hydrogen (secondary N) is 2. The van der Waals surface area contributed by atoms with Gasteiger partial charge in [-0.3, -0.25) is 13.8 Å². The van der Waals surface area contributed by atoms with E-state index in [4.69, 9.17) is 4.74 Å². The lowest BCUT2D eigenvalue weighted by Gasteiger charge is -2.20. The number of anilines is 3. The molecule has 0 aliphatic carbocycles. The number of ether oxygens (including phenoxy) is 1. The second-order valence-electron chi connectivity index (χ2n) is 9.08. The van der Waals surface area contributed by atoms with Gasteiger partial charge in [-0.1, -0.05) is 6.07 Å². The van der Waals surface area contributed by atoms with Gasteiger partial charge < -0.3 is 10.1 Å². The van der Waals surface area contributed by atoms with Crippen LogP contribution in [0.5, 0.6) is 5.75 Å². The van der Waals surface area contributed by atoms with Crippen molar-refractivity contribution in [2.45, 2.75) is 23.6 Å². The van der Waals surface area contributed by atoms with Crippen molar-refractivity contribution in [3.05, 3.63) is 108 Å². The van der Waals surface area contributed by atoms with E-state index in [1.165, 1.54) is 74.8 Å². The first-order chi connectivity index (χ1) is 18.9. The van der Waals surface area contributed by atoms with Crippen LogP contribution < -0.4 is 19.1 Å². The first kappa shape index (κ1) is 28.7. The average Bonchev–Trinajstić information content (AvgIpc) is 2.95. The fraction of sp³-hybridized carbons (Fsp3) is 0.138. The molecule has 0 unspecified atom stereocenters. The Hall–Kier alpha value is -4.35. The van der Waals surface area contributed by atoms with Crippen LogP contribution in [-0.4, -0.2) is 36.9 Å². The first-order valence-corrected chi connectivity index (χ1v) is 15.1. The van der Waals surface area contributed by atoms with Gasteiger partial charge in [0.25, 0.3) is 26.0 Å². The topological polar surface area (TPSA) is 122 Å². The number of sulfonamides is 2. The lowest BCUT2D eigenvalue weighted by molar-refractivity contribution is 0.102. The van der Waals surface area contributed by atoms with Crippen LogP contribution in [-0.2, 0) is 20.0 Å². The molecule has 0 atom stereocenters. The van der Waals surface area contributed by atoms with Gasteiger partial charge in [-0.25, -0.2) is 16.8 Å². The van der Waals surface area contributed by atoms with Crippen molar-refractivity contribution < 1.29 is 26.4 Å². The van der Waals surface area contributed by atoms with E-state index in [1.54, 1.807) is 24.3 Å². The number of rotatable bonds is 9. The molecule has 208 valence electrons. The molecule has 0 spiro atoms. The molecule has 0 saturated carbocycles. The molecule has 0 saturated heterocycles. The number of carbonyl (C=O) groups excluding carboxylic acids is 1. The van der Waals surface area contributed by atoms with Crippen molar-refractivity contribution >= 4 is 43.0 Å². The van der Waals surface area contributed by atoms with E-state index in [0.29, 0.717) is 28.4 Å². The zero-order chi connectivity index (χ0) is 29.1. The molecule has 0 radical (unpaired) electrons. The Morgan fingerprint density at radius 1 is 0.725 bits per heavy atom. The third kappa shape index (κ3) is 6.27. The number of methoxy groups -OCH3 is 1. The van der Waals surface area contributed by atoms with Crippen molar-refractivity contribution in [1.82, 2.24) is 0 Å². The van der Waals surface area contributed by atoms with E-state index in [-0.39, 0.29) is 9.79 Å². The molecular formula is C29H29N3O6S2. The lowest BCUT2D eigenvalue weighted by Crippen LogP contribution is -2.26. The van der Waals surface area contributed by atoms with Gasteiger partial charge in [0.15, 0.2) is 0 Å². The summed E-state index contributed by atoms with van der Waals surface area (Å²) in [5.74, 6) is 0.110. The summed E-state index contributed by atoms with van der Waals surface area (Å²) >= 11 is 0. The molecule has 40 heavy (non-hydrogen) atoms. The number of benzene rings is 4. The van der Waals surface area contributed by atoms with E-state index < -0.39 is 26.0 Å². The number of nitrogens with zero attached hydrogens (tertiary/aromatic N) is 1. The molecule has 4 aromatic rings. The maximum Gasteiger partial charge on any atom is 0.264 e. The van der Waals surface area contributed by atoms with E-state index in [2.05, 4.69) is 10.0 Å². The van der Waals surface area contributed by atoms with E-state index >= 15 is 0 Å². The maximum absolute atomic E-state index is 13.0. The zero-order valence-corrected chi connectivity index (χ0v) is 24.0. The second-order valence-corrected chi connectivity index (χ2v) is 12.7. The van der Waals surface area contributed by atoms with E-state index in [1.807, 2.05) is 19.9 Å². The molecule has 0 heterocycles. The van der Waals surface area contributed by atoms with Crippen LogP contribution in [0.15, 0.2) is 101 Å². The van der Waals surface area contributed by atoms with Gasteiger partial charge in [-0.15, -0.1) is 0 Å². The summed E-state index contributed by atoms with van der Waals surface area (Å²) < 4.78 is 60.3. The molecule has 0 fully saturated rings. The molecule has 11 heteroatoms. The highest BCUT2D eigenvalue weighted by molar-refractivity contribution is 7.93. The third-order valence-electron chi connectivity index (χ3n) is 6.39. The quantitative estimate of drug-likeness (QED) is 0.281. The Balaban J connectivity index is 1.42. The number of hydrogen-bond donors (Lipinski definition) is 2. The average molecular weight is 580 g/mol. The molecule has 0 aliphatic rings. The Morgan fingerprint density at radius 3 is 1.88 bits per heavy atom. The van der Waals surface area contributed by atoms with E-state index in [9.17, 15) is 21.6 Å². The molecule has 1 amide bonds. The van der Waals surface area contributed by atoms with Gasteiger partial charge in [0.2, 0.25) is 0 Å². The molecule has 9 nitrogen and oxygen atoms in total. The van der Waals surface area contributed by atoms with Gasteiger partial charge in [0.05, 0.1) is 22.6 Å². The van der Waals surface area contributed by atoms with Crippen LogP contribution in [0.3, 0.4) is 0 Å². The number of aryl methyl sites for hydroxylation is 2. The minimum absolute atomic E-state index is 0.0502. The maximum atomic E-state index is 13.0. The predicted octanol–water partition coefficient (Wildman–Crippen LogP) is 5.19. The summed E-state index contributed by atoms with van der Waals surface area (Å²) in [6.45, 7) is 3.85. The predicted molar refractivity (Wildman–Crippen MR) is 156 cm³/mol. The summed E-state index contributed by atoms with van der Waals surface area (Å²) in [7, 11) is -4.70. The molecular weight excluding hydrogens is 550 g/mol. The number of amides is 1. The molecule has 2 N–H and O–H groups in total. The lowest BCUT2D eigenvalue weighted by atomic mass is 10.1. The molecule has 0 bridgehead atoms.